The molecule has 1 aromatic rings. The van der Waals surface area contributed by atoms with E-state index in [0.717, 1.165) is 25.3 Å². The molecule has 0 radical (unpaired) electrons. The lowest BCUT2D eigenvalue weighted by atomic mass is 10.0. The van der Waals surface area contributed by atoms with Crippen LogP contribution in [0, 0.1) is 5.92 Å². The average Bonchev–Trinajstić information content (AvgIpc) is 2.12. The van der Waals surface area contributed by atoms with Gasteiger partial charge in [-0.1, -0.05) is 0 Å². The highest BCUT2D eigenvalue weighted by atomic mass is 16.3. The van der Waals surface area contributed by atoms with Crippen LogP contribution < -0.4 is 0 Å². The van der Waals surface area contributed by atoms with Gasteiger partial charge in [-0.05, 0) is 0 Å². The third kappa shape index (κ3) is 2.02. The number of aliphatic hydroxyl groups is 1. The molecule has 1 aromatic heterocycles. The third-order valence-electron chi connectivity index (χ3n) is 2.29. The fraction of sp³-hybridized carbons (Fsp3) is 0.556. The SMILES string of the molecule is OCC1CN(Cc2cnccn2)C1. The smallest absolute Gasteiger partial charge is 0.0726 e. The normalized spacial score (nSPS) is 18.5. The molecule has 0 aliphatic carbocycles. The van der Waals surface area contributed by atoms with Gasteiger partial charge in [0.2, 0.25) is 0 Å². The summed E-state index contributed by atoms with van der Waals surface area (Å²) in [6.07, 6.45) is 5.17. The van der Waals surface area contributed by atoms with Crippen molar-refractivity contribution in [1.82, 2.24) is 14.9 Å². The standard InChI is InChI=1S/C9H13N3O/c13-7-8-4-12(5-8)6-9-3-10-1-2-11-9/h1-3,8,13H,4-7H2. The lowest BCUT2D eigenvalue weighted by Crippen LogP contribution is -2.47. The van der Waals surface area contributed by atoms with Crippen LogP contribution in [-0.2, 0) is 6.54 Å². The van der Waals surface area contributed by atoms with Crippen LogP contribution >= 0.6 is 0 Å². The van der Waals surface area contributed by atoms with Gasteiger partial charge in [-0.15, -0.1) is 0 Å². The van der Waals surface area contributed by atoms with Gasteiger partial charge in [0, 0.05) is 50.7 Å². The zero-order valence-electron chi connectivity index (χ0n) is 7.43. The van der Waals surface area contributed by atoms with Crippen LogP contribution in [0.1, 0.15) is 5.69 Å². The summed E-state index contributed by atoms with van der Waals surface area (Å²) in [7, 11) is 0. The van der Waals surface area contributed by atoms with Gasteiger partial charge in [-0.25, -0.2) is 0 Å². The topological polar surface area (TPSA) is 49.2 Å². The van der Waals surface area contributed by atoms with E-state index in [-0.39, 0.29) is 0 Å². The maximum absolute atomic E-state index is 8.82. The molecule has 2 heterocycles. The van der Waals surface area contributed by atoms with Gasteiger partial charge in [0.05, 0.1) is 5.69 Å². The van der Waals surface area contributed by atoms with Crippen molar-refractivity contribution in [3.8, 4) is 0 Å². The molecule has 0 spiro atoms. The molecule has 4 heteroatoms. The molecule has 1 saturated heterocycles. The Bertz CT molecular complexity index is 259. The van der Waals surface area contributed by atoms with Crippen LogP contribution in [0.25, 0.3) is 0 Å². The lowest BCUT2D eigenvalue weighted by Gasteiger charge is -2.37. The van der Waals surface area contributed by atoms with E-state index in [4.69, 9.17) is 5.11 Å². The predicted molar refractivity (Wildman–Crippen MR) is 47.9 cm³/mol. The van der Waals surface area contributed by atoms with E-state index in [1.807, 2.05) is 0 Å². The molecule has 0 bridgehead atoms. The maximum atomic E-state index is 8.82. The molecule has 1 aliphatic rings. The predicted octanol–water partition coefficient (Wildman–Crippen LogP) is -0.0993. The summed E-state index contributed by atoms with van der Waals surface area (Å²) < 4.78 is 0. The number of aliphatic hydroxyl groups excluding tert-OH is 1. The van der Waals surface area contributed by atoms with Crippen LogP contribution in [-0.4, -0.2) is 39.7 Å². The number of hydrogen-bond donors (Lipinski definition) is 1. The molecule has 0 aromatic carbocycles. The molecule has 1 N–H and O–H groups in total. The van der Waals surface area contributed by atoms with Gasteiger partial charge in [0.25, 0.3) is 0 Å². The van der Waals surface area contributed by atoms with E-state index in [9.17, 15) is 0 Å². The Morgan fingerprint density at radius 2 is 2.31 bits per heavy atom. The van der Waals surface area contributed by atoms with Crippen molar-refractivity contribution in [1.29, 1.82) is 0 Å². The third-order valence-corrected chi connectivity index (χ3v) is 2.29. The Balaban J connectivity index is 1.81. The Morgan fingerprint density at radius 3 is 2.92 bits per heavy atom. The molecule has 0 atom stereocenters. The maximum Gasteiger partial charge on any atom is 0.0726 e. The quantitative estimate of drug-likeness (QED) is 0.704. The van der Waals surface area contributed by atoms with Crippen LogP contribution in [0.15, 0.2) is 18.6 Å². The highest BCUT2D eigenvalue weighted by Gasteiger charge is 2.25. The van der Waals surface area contributed by atoms with Gasteiger partial charge >= 0.3 is 0 Å². The molecule has 0 unspecified atom stereocenters. The molecule has 0 amide bonds. The van der Waals surface area contributed by atoms with Gasteiger partial charge < -0.3 is 5.11 Å². The number of rotatable bonds is 3. The van der Waals surface area contributed by atoms with Crippen molar-refractivity contribution < 1.29 is 5.11 Å². The first-order valence-corrected chi connectivity index (χ1v) is 4.46. The summed E-state index contributed by atoms with van der Waals surface area (Å²) in [5, 5.41) is 8.82. The highest BCUT2D eigenvalue weighted by molar-refractivity contribution is 4.96. The minimum atomic E-state index is 0.303. The van der Waals surface area contributed by atoms with Crippen LogP contribution in [0.5, 0.6) is 0 Å². The van der Waals surface area contributed by atoms with Crippen molar-refractivity contribution in [2.45, 2.75) is 6.54 Å². The van der Waals surface area contributed by atoms with Crippen molar-refractivity contribution in [2.75, 3.05) is 19.7 Å². The van der Waals surface area contributed by atoms with E-state index in [1.165, 1.54) is 0 Å². The van der Waals surface area contributed by atoms with Gasteiger partial charge in [0.1, 0.15) is 0 Å². The first kappa shape index (κ1) is 8.59. The van der Waals surface area contributed by atoms with Crippen molar-refractivity contribution in [3.63, 3.8) is 0 Å². The zero-order valence-corrected chi connectivity index (χ0v) is 7.43. The Hall–Kier alpha value is -1.00. The summed E-state index contributed by atoms with van der Waals surface area (Å²) in [6.45, 7) is 3.11. The largest absolute Gasteiger partial charge is 0.396 e. The number of nitrogens with zero attached hydrogens (tertiary/aromatic N) is 3. The summed E-state index contributed by atoms with van der Waals surface area (Å²) >= 11 is 0. The first-order chi connectivity index (χ1) is 6.38. The van der Waals surface area contributed by atoms with Gasteiger partial charge in [0.15, 0.2) is 0 Å². The molecule has 1 aliphatic heterocycles. The number of aromatic nitrogens is 2. The Kier molecular flexibility index (Phi) is 2.52. The molecule has 13 heavy (non-hydrogen) atoms. The zero-order chi connectivity index (χ0) is 9.10. The number of hydrogen-bond acceptors (Lipinski definition) is 4. The summed E-state index contributed by atoms with van der Waals surface area (Å²) in [4.78, 5) is 10.4. The Labute approximate surface area is 77.2 Å². The minimum absolute atomic E-state index is 0.303. The van der Waals surface area contributed by atoms with Crippen molar-refractivity contribution in [2.24, 2.45) is 5.92 Å². The fourth-order valence-corrected chi connectivity index (χ4v) is 1.56. The monoisotopic (exact) mass is 179 g/mol. The van der Waals surface area contributed by atoms with Crippen LogP contribution in [0.4, 0.5) is 0 Å². The van der Waals surface area contributed by atoms with E-state index >= 15 is 0 Å². The van der Waals surface area contributed by atoms with E-state index in [0.29, 0.717) is 12.5 Å². The van der Waals surface area contributed by atoms with E-state index in [1.54, 1.807) is 18.6 Å². The van der Waals surface area contributed by atoms with E-state index < -0.39 is 0 Å². The van der Waals surface area contributed by atoms with Crippen LogP contribution in [0.3, 0.4) is 0 Å². The Morgan fingerprint density at radius 1 is 1.46 bits per heavy atom. The first-order valence-electron chi connectivity index (χ1n) is 4.46. The lowest BCUT2D eigenvalue weighted by molar-refractivity contribution is 0.0469. The molecule has 4 nitrogen and oxygen atoms in total. The molecular formula is C9H13N3O. The minimum Gasteiger partial charge on any atom is -0.396 e. The summed E-state index contributed by atoms with van der Waals surface area (Å²) in [5.41, 5.74) is 0.999. The molecule has 0 saturated carbocycles. The van der Waals surface area contributed by atoms with Crippen molar-refractivity contribution in [3.05, 3.63) is 24.3 Å². The number of likely N-dealkylation sites (tertiary alicyclic amines) is 1. The highest BCUT2D eigenvalue weighted by Crippen LogP contribution is 2.16. The van der Waals surface area contributed by atoms with Gasteiger partial charge in [-0.2, -0.15) is 0 Å². The van der Waals surface area contributed by atoms with E-state index in [2.05, 4.69) is 14.9 Å². The summed E-state index contributed by atoms with van der Waals surface area (Å²) in [5.74, 6) is 0.469. The second-order valence-corrected chi connectivity index (χ2v) is 3.44. The summed E-state index contributed by atoms with van der Waals surface area (Å²) in [6, 6.07) is 0. The fourth-order valence-electron chi connectivity index (χ4n) is 1.56. The molecule has 1 fully saturated rings. The van der Waals surface area contributed by atoms with Crippen molar-refractivity contribution >= 4 is 0 Å². The second kappa shape index (κ2) is 3.81. The average molecular weight is 179 g/mol. The molecular weight excluding hydrogens is 166 g/mol. The van der Waals surface area contributed by atoms with Crippen LogP contribution in [0.2, 0.25) is 0 Å². The second-order valence-electron chi connectivity index (χ2n) is 3.44. The molecule has 70 valence electrons. The van der Waals surface area contributed by atoms with Gasteiger partial charge in [-0.3, -0.25) is 14.9 Å². The molecule has 2 rings (SSSR count).